The van der Waals surface area contributed by atoms with Crippen molar-refractivity contribution < 1.29 is 19.0 Å². The van der Waals surface area contributed by atoms with E-state index >= 15 is 0 Å². The Morgan fingerprint density at radius 3 is 2.50 bits per heavy atom. The molecule has 34 heavy (non-hydrogen) atoms. The van der Waals surface area contributed by atoms with Crippen LogP contribution in [0.25, 0.3) is 10.8 Å². The Bertz CT molecular complexity index is 1220. The van der Waals surface area contributed by atoms with Crippen LogP contribution in [0.1, 0.15) is 17.3 Å². The van der Waals surface area contributed by atoms with Gasteiger partial charge in [0.1, 0.15) is 0 Å². The molecule has 1 aliphatic heterocycles. The van der Waals surface area contributed by atoms with Crippen LogP contribution in [0, 0.1) is 0 Å². The third-order valence-electron chi connectivity index (χ3n) is 6.13. The fraction of sp³-hybridized carbons (Fsp3) is 0.400. The summed E-state index contributed by atoms with van der Waals surface area (Å²) in [6, 6.07) is 13.0. The van der Waals surface area contributed by atoms with E-state index in [2.05, 4.69) is 15.3 Å². The number of morpholine rings is 1. The number of amides is 1. The van der Waals surface area contributed by atoms with Crippen molar-refractivity contribution in [2.45, 2.75) is 12.5 Å². The van der Waals surface area contributed by atoms with Crippen molar-refractivity contribution in [1.29, 1.82) is 0 Å². The van der Waals surface area contributed by atoms with E-state index in [4.69, 9.17) is 14.2 Å². The van der Waals surface area contributed by atoms with E-state index in [9.17, 15) is 9.59 Å². The van der Waals surface area contributed by atoms with E-state index in [1.807, 2.05) is 36.4 Å². The monoisotopic (exact) mass is 466 g/mol. The first-order valence-corrected chi connectivity index (χ1v) is 11.3. The molecular weight excluding hydrogens is 436 g/mol. The Labute approximate surface area is 198 Å². The number of carbonyl (C=O) groups is 1. The standard InChI is InChI=1S/C25H30N4O5/c1-28-25(31)19-7-5-4-6-18(19)20(27-28)15-24(30)26-16-21(29-10-12-34-13-11-29)17-8-9-22(32-2)23(14-17)33-3/h4-9,14,21H,10-13,15-16H2,1-3H3,(H,26,30). The van der Waals surface area contributed by atoms with Crippen molar-refractivity contribution in [3.8, 4) is 11.5 Å². The first-order chi connectivity index (χ1) is 16.5. The molecule has 0 aliphatic carbocycles. The van der Waals surface area contributed by atoms with Crippen LogP contribution in [0.5, 0.6) is 11.5 Å². The van der Waals surface area contributed by atoms with Gasteiger partial charge in [0.2, 0.25) is 5.91 Å². The maximum atomic E-state index is 13.0. The molecule has 1 fully saturated rings. The highest BCUT2D eigenvalue weighted by Gasteiger charge is 2.25. The molecule has 1 saturated heterocycles. The molecule has 1 atom stereocenters. The maximum Gasteiger partial charge on any atom is 0.274 e. The molecule has 1 amide bonds. The molecule has 0 bridgehead atoms. The predicted molar refractivity (Wildman–Crippen MR) is 128 cm³/mol. The van der Waals surface area contributed by atoms with Gasteiger partial charge >= 0.3 is 0 Å². The van der Waals surface area contributed by atoms with Gasteiger partial charge in [-0.1, -0.05) is 24.3 Å². The number of hydrogen-bond donors (Lipinski definition) is 1. The van der Waals surface area contributed by atoms with Crippen LogP contribution in [0.2, 0.25) is 0 Å². The fourth-order valence-corrected chi connectivity index (χ4v) is 4.34. The van der Waals surface area contributed by atoms with Crippen LogP contribution >= 0.6 is 0 Å². The van der Waals surface area contributed by atoms with Crippen LogP contribution in [-0.2, 0) is 23.0 Å². The number of nitrogens with one attached hydrogen (secondary N) is 1. The SMILES string of the molecule is COc1ccc(C(CNC(=O)Cc2nn(C)c(=O)c3ccccc23)N2CCOCC2)cc1OC. The minimum absolute atomic E-state index is 0.0579. The summed E-state index contributed by atoms with van der Waals surface area (Å²) in [5.74, 6) is 1.14. The number of ether oxygens (including phenoxy) is 3. The van der Waals surface area contributed by atoms with Gasteiger partial charge in [-0.15, -0.1) is 0 Å². The summed E-state index contributed by atoms with van der Waals surface area (Å²) >= 11 is 0. The number of hydrogen-bond acceptors (Lipinski definition) is 7. The number of rotatable bonds is 8. The number of fused-ring (bicyclic) bond motifs is 1. The Morgan fingerprint density at radius 1 is 1.09 bits per heavy atom. The minimum Gasteiger partial charge on any atom is -0.493 e. The number of aryl methyl sites for hydroxylation is 1. The first kappa shape index (κ1) is 23.7. The lowest BCUT2D eigenvalue weighted by Gasteiger charge is -2.35. The molecule has 2 aromatic carbocycles. The zero-order chi connectivity index (χ0) is 24.1. The molecule has 4 rings (SSSR count). The topological polar surface area (TPSA) is 94.9 Å². The number of benzene rings is 2. The van der Waals surface area contributed by atoms with Gasteiger partial charge < -0.3 is 19.5 Å². The average Bonchev–Trinajstić information content (AvgIpc) is 2.87. The lowest BCUT2D eigenvalue weighted by molar-refractivity contribution is -0.120. The highest BCUT2D eigenvalue weighted by atomic mass is 16.5. The van der Waals surface area contributed by atoms with Crippen LogP contribution in [0.15, 0.2) is 47.3 Å². The van der Waals surface area contributed by atoms with Gasteiger partial charge in [0, 0.05) is 32.1 Å². The van der Waals surface area contributed by atoms with Crippen LogP contribution < -0.4 is 20.3 Å². The minimum atomic E-state index is -0.180. The predicted octanol–water partition coefficient (Wildman–Crippen LogP) is 1.68. The summed E-state index contributed by atoms with van der Waals surface area (Å²) in [6.45, 7) is 3.24. The summed E-state index contributed by atoms with van der Waals surface area (Å²) in [5, 5.41) is 8.67. The number of carbonyl (C=O) groups excluding carboxylic acids is 1. The molecule has 3 aromatic rings. The normalized spacial score (nSPS) is 15.1. The van der Waals surface area contributed by atoms with E-state index in [1.54, 1.807) is 27.3 Å². The van der Waals surface area contributed by atoms with Gasteiger partial charge in [0.15, 0.2) is 11.5 Å². The Morgan fingerprint density at radius 2 is 1.79 bits per heavy atom. The Hall–Kier alpha value is -3.43. The molecule has 2 heterocycles. The lowest BCUT2D eigenvalue weighted by Crippen LogP contribution is -2.44. The highest BCUT2D eigenvalue weighted by molar-refractivity contribution is 5.88. The van der Waals surface area contributed by atoms with Crippen LogP contribution in [-0.4, -0.2) is 67.7 Å². The van der Waals surface area contributed by atoms with Gasteiger partial charge in [-0.3, -0.25) is 14.5 Å². The van der Waals surface area contributed by atoms with Gasteiger partial charge in [0.25, 0.3) is 5.56 Å². The van der Waals surface area contributed by atoms with Gasteiger partial charge in [0.05, 0.1) is 51.0 Å². The Balaban J connectivity index is 1.54. The van der Waals surface area contributed by atoms with Crippen molar-refractivity contribution in [3.63, 3.8) is 0 Å². The number of methoxy groups -OCH3 is 2. The summed E-state index contributed by atoms with van der Waals surface area (Å²) in [6.07, 6.45) is 0.0798. The van der Waals surface area contributed by atoms with E-state index in [0.717, 1.165) is 18.7 Å². The molecule has 1 N–H and O–H groups in total. The molecule has 0 saturated carbocycles. The summed E-state index contributed by atoms with van der Waals surface area (Å²) < 4.78 is 17.7. The van der Waals surface area contributed by atoms with E-state index in [0.29, 0.717) is 47.7 Å². The molecule has 1 aliphatic rings. The first-order valence-electron chi connectivity index (χ1n) is 11.3. The van der Waals surface area contributed by atoms with Crippen LogP contribution in [0.3, 0.4) is 0 Å². The summed E-state index contributed by atoms with van der Waals surface area (Å²) in [5.41, 5.74) is 1.41. The molecular formula is C25H30N4O5. The molecule has 1 aromatic heterocycles. The largest absolute Gasteiger partial charge is 0.493 e. The van der Waals surface area contributed by atoms with Crippen molar-refractivity contribution >= 4 is 16.7 Å². The van der Waals surface area contributed by atoms with Gasteiger partial charge in [-0.25, -0.2) is 4.68 Å². The smallest absolute Gasteiger partial charge is 0.274 e. The summed E-state index contributed by atoms with van der Waals surface area (Å²) in [4.78, 5) is 27.6. The Kier molecular flexibility index (Phi) is 7.44. The highest BCUT2D eigenvalue weighted by Crippen LogP contribution is 2.32. The van der Waals surface area contributed by atoms with E-state index in [-0.39, 0.29) is 23.9 Å². The summed E-state index contributed by atoms with van der Waals surface area (Å²) in [7, 11) is 4.81. The van der Waals surface area contributed by atoms with E-state index < -0.39 is 0 Å². The van der Waals surface area contributed by atoms with Crippen molar-refractivity contribution in [2.24, 2.45) is 7.05 Å². The second-order valence-electron chi connectivity index (χ2n) is 8.18. The third-order valence-corrected chi connectivity index (χ3v) is 6.13. The molecule has 0 spiro atoms. The second-order valence-corrected chi connectivity index (χ2v) is 8.18. The van der Waals surface area contributed by atoms with Crippen molar-refractivity contribution in [2.75, 3.05) is 47.1 Å². The van der Waals surface area contributed by atoms with E-state index in [1.165, 1.54) is 4.68 Å². The fourth-order valence-electron chi connectivity index (χ4n) is 4.34. The van der Waals surface area contributed by atoms with Gasteiger partial charge in [-0.05, 0) is 23.8 Å². The third kappa shape index (κ3) is 5.05. The quantitative estimate of drug-likeness (QED) is 0.540. The molecule has 9 heteroatoms. The van der Waals surface area contributed by atoms with Crippen molar-refractivity contribution in [3.05, 3.63) is 64.1 Å². The van der Waals surface area contributed by atoms with Crippen LogP contribution in [0.4, 0.5) is 0 Å². The lowest BCUT2D eigenvalue weighted by atomic mass is 10.0. The average molecular weight is 467 g/mol. The molecule has 9 nitrogen and oxygen atoms in total. The van der Waals surface area contributed by atoms with Crippen molar-refractivity contribution in [1.82, 2.24) is 20.0 Å². The number of aromatic nitrogens is 2. The number of nitrogens with zero attached hydrogens (tertiary/aromatic N) is 3. The zero-order valence-corrected chi connectivity index (χ0v) is 19.7. The molecule has 1 unspecified atom stereocenters. The second kappa shape index (κ2) is 10.7. The molecule has 0 radical (unpaired) electrons. The maximum absolute atomic E-state index is 13.0. The molecule has 180 valence electrons. The zero-order valence-electron chi connectivity index (χ0n) is 19.7. The van der Waals surface area contributed by atoms with Gasteiger partial charge in [-0.2, -0.15) is 5.10 Å².